The fraction of sp³-hybridized carbons (Fsp3) is 0.182. The van der Waals surface area contributed by atoms with Gasteiger partial charge in [-0.3, -0.25) is 0 Å². The Morgan fingerprint density at radius 2 is 2.19 bits per heavy atom. The normalized spacial score (nSPS) is 11.0. The number of thiocarbonyl (C=S) groups is 1. The zero-order chi connectivity index (χ0) is 12.2. The van der Waals surface area contributed by atoms with E-state index >= 15 is 0 Å². The van der Waals surface area contributed by atoms with Crippen molar-refractivity contribution in [1.82, 2.24) is 0 Å². The Morgan fingerprint density at radius 3 is 2.75 bits per heavy atom. The van der Waals surface area contributed by atoms with Gasteiger partial charge in [-0.15, -0.1) is 6.58 Å². The molecule has 3 nitrogen and oxygen atoms in total. The van der Waals surface area contributed by atoms with Crippen LogP contribution in [0, 0.1) is 0 Å². The molecule has 0 heterocycles. The Kier molecular flexibility index (Phi) is 4.20. The number of hydrogen-bond acceptors (Lipinski definition) is 3. The zero-order valence-electron chi connectivity index (χ0n) is 8.72. The molecule has 0 amide bonds. The van der Waals surface area contributed by atoms with E-state index in [-0.39, 0.29) is 16.5 Å². The summed E-state index contributed by atoms with van der Waals surface area (Å²) in [4.78, 5) is 0.267. The van der Waals surface area contributed by atoms with Crippen molar-refractivity contribution in [3.63, 3.8) is 0 Å². The first-order chi connectivity index (χ1) is 7.44. The topological polar surface area (TPSA) is 60.2 Å². The third-order valence-electron chi connectivity index (χ3n) is 1.97. The van der Waals surface area contributed by atoms with Crippen molar-refractivity contribution < 1.29 is 8.42 Å². The van der Waals surface area contributed by atoms with Gasteiger partial charge in [0.2, 0.25) is 0 Å². The lowest BCUT2D eigenvalue weighted by Gasteiger charge is -2.04. The summed E-state index contributed by atoms with van der Waals surface area (Å²) in [7, 11) is -3.13. The van der Waals surface area contributed by atoms with Gasteiger partial charge in [0, 0.05) is 5.56 Å². The van der Waals surface area contributed by atoms with Crippen LogP contribution in [0.15, 0.2) is 36.9 Å². The van der Waals surface area contributed by atoms with Crippen molar-refractivity contribution in [2.45, 2.75) is 5.75 Å². The van der Waals surface area contributed by atoms with Crippen molar-refractivity contribution >= 4 is 27.0 Å². The third kappa shape index (κ3) is 3.75. The molecule has 16 heavy (non-hydrogen) atoms. The summed E-state index contributed by atoms with van der Waals surface area (Å²) in [5, 5.41) is 0. The summed E-state index contributed by atoms with van der Waals surface area (Å²) in [6.45, 7) is 3.41. The van der Waals surface area contributed by atoms with Crippen molar-refractivity contribution in [1.29, 1.82) is 0 Å². The predicted octanol–water partition coefficient (Wildman–Crippen LogP) is 1.42. The fourth-order valence-corrected chi connectivity index (χ4v) is 2.60. The fourth-order valence-electron chi connectivity index (χ4n) is 1.31. The van der Waals surface area contributed by atoms with Crippen molar-refractivity contribution in [3.05, 3.63) is 48.0 Å². The average molecular weight is 255 g/mol. The minimum atomic E-state index is -3.13. The Labute approximate surface area is 101 Å². The lowest BCUT2D eigenvalue weighted by atomic mass is 10.1. The van der Waals surface area contributed by atoms with Crippen LogP contribution in [0.25, 0.3) is 0 Å². The first-order valence-corrected chi connectivity index (χ1v) is 6.87. The summed E-state index contributed by atoms with van der Waals surface area (Å²) in [6, 6.07) is 6.94. The van der Waals surface area contributed by atoms with E-state index in [4.69, 9.17) is 18.0 Å². The second kappa shape index (κ2) is 5.23. The maximum Gasteiger partial charge on any atom is 0.157 e. The van der Waals surface area contributed by atoms with E-state index in [0.717, 1.165) is 0 Å². The average Bonchev–Trinajstić information content (AvgIpc) is 2.17. The van der Waals surface area contributed by atoms with Gasteiger partial charge in [0.15, 0.2) is 9.84 Å². The molecule has 0 bridgehead atoms. The predicted molar refractivity (Wildman–Crippen MR) is 70.0 cm³/mol. The van der Waals surface area contributed by atoms with Gasteiger partial charge in [-0.05, 0) is 11.6 Å². The molecule has 1 rings (SSSR count). The minimum absolute atomic E-state index is 0.0184. The smallest absolute Gasteiger partial charge is 0.157 e. The van der Waals surface area contributed by atoms with Crippen LogP contribution in [-0.2, 0) is 15.6 Å². The second-order valence-corrected chi connectivity index (χ2v) is 5.96. The van der Waals surface area contributed by atoms with Gasteiger partial charge in [-0.25, -0.2) is 8.42 Å². The van der Waals surface area contributed by atoms with E-state index in [1.165, 1.54) is 6.08 Å². The van der Waals surface area contributed by atoms with E-state index in [1.54, 1.807) is 24.3 Å². The van der Waals surface area contributed by atoms with Gasteiger partial charge < -0.3 is 5.73 Å². The molecule has 0 aliphatic rings. The van der Waals surface area contributed by atoms with Gasteiger partial charge in [0.05, 0.1) is 11.5 Å². The molecule has 0 aromatic heterocycles. The quantitative estimate of drug-likeness (QED) is 0.638. The molecule has 86 valence electrons. The number of benzene rings is 1. The van der Waals surface area contributed by atoms with E-state index in [1.807, 2.05) is 0 Å². The first-order valence-electron chi connectivity index (χ1n) is 4.64. The van der Waals surface area contributed by atoms with Gasteiger partial charge >= 0.3 is 0 Å². The molecule has 2 N–H and O–H groups in total. The molecule has 0 atom stereocenters. The first kappa shape index (κ1) is 12.9. The monoisotopic (exact) mass is 255 g/mol. The summed E-state index contributed by atoms with van der Waals surface area (Å²) in [6.07, 6.45) is 1.38. The molecule has 0 radical (unpaired) electrons. The highest BCUT2D eigenvalue weighted by molar-refractivity contribution is 7.90. The highest BCUT2D eigenvalue weighted by atomic mass is 32.2. The third-order valence-corrected chi connectivity index (χ3v) is 3.72. The number of rotatable bonds is 5. The molecule has 0 aliphatic carbocycles. The molecule has 0 fully saturated rings. The highest BCUT2D eigenvalue weighted by Crippen LogP contribution is 2.10. The maximum atomic E-state index is 11.5. The van der Waals surface area contributed by atoms with Gasteiger partial charge in [0.1, 0.15) is 4.99 Å². The molecule has 1 aromatic carbocycles. The van der Waals surface area contributed by atoms with Gasteiger partial charge in [-0.1, -0.05) is 36.5 Å². The molecular formula is C11H13NO2S2. The van der Waals surface area contributed by atoms with Crippen LogP contribution >= 0.6 is 12.2 Å². The van der Waals surface area contributed by atoms with Crippen LogP contribution in [0.1, 0.15) is 11.1 Å². The van der Waals surface area contributed by atoms with Crippen molar-refractivity contribution in [2.24, 2.45) is 5.73 Å². The molecule has 0 aliphatic heterocycles. The highest BCUT2D eigenvalue weighted by Gasteiger charge is 2.10. The lowest BCUT2D eigenvalue weighted by molar-refractivity contribution is 0.598. The van der Waals surface area contributed by atoms with Gasteiger partial charge in [0.25, 0.3) is 0 Å². The van der Waals surface area contributed by atoms with Crippen LogP contribution < -0.4 is 5.73 Å². The van der Waals surface area contributed by atoms with E-state index in [0.29, 0.717) is 11.1 Å². The summed E-state index contributed by atoms with van der Waals surface area (Å²) in [5.41, 5.74) is 6.84. The van der Waals surface area contributed by atoms with Crippen molar-refractivity contribution in [2.75, 3.05) is 5.75 Å². The SMILES string of the molecule is C=CCS(=O)(=O)Cc1cccc(C(N)=S)c1. The summed E-state index contributed by atoms with van der Waals surface area (Å²) >= 11 is 4.83. The Hall–Kier alpha value is -1.20. The van der Waals surface area contributed by atoms with Crippen molar-refractivity contribution in [3.8, 4) is 0 Å². The molecule has 0 spiro atoms. The molecule has 0 saturated heterocycles. The van der Waals surface area contributed by atoms with Crippen LogP contribution in [-0.4, -0.2) is 19.2 Å². The van der Waals surface area contributed by atoms with Gasteiger partial charge in [-0.2, -0.15) is 0 Å². The standard InChI is InChI=1S/C11H13NO2S2/c1-2-6-16(13,14)8-9-4-3-5-10(7-9)11(12)15/h2-5,7H,1,6,8H2,(H2,12,15). The Balaban J connectivity index is 2.94. The van der Waals surface area contributed by atoms with Crippen LogP contribution in [0.2, 0.25) is 0 Å². The number of hydrogen-bond donors (Lipinski definition) is 1. The van der Waals surface area contributed by atoms with E-state index in [9.17, 15) is 8.42 Å². The summed E-state index contributed by atoms with van der Waals surface area (Å²) in [5.74, 6) is -0.0419. The van der Waals surface area contributed by atoms with E-state index in [2.05, 4.69) is 6.58 Å². The molecule has 0 saturated carbocycles. The number of nitrogens with two attached hydrogens (primary N) is 1. The Morgan fingerprint density at radius 1 is 1.50 bits per heavy atom. The van der Waals surface area contributed by atoms with Crippen LogP contribution in [0.5, 0.6) is 0 Å². The van der Waals surface area contributed by atoms with Crippen LogP contribution in [0.4, 0.5) is 0 Å². The molecule has 5 heteroatoms. The molecule has 1 aromatic rings. The molecular weight excluding hydrogens is 242 g/mol. The molecule has 0 unspecified atom stereocenters. The summed E-state index contributed by atoms with van der Waals surface area (Å²) < 4.78 is 23.1. The number of sulfone groups is 1. The Bertz CT molecular complexity index is 506. The maximum absolute atomic E-state index is 11.5. The zero-order valence-corrected chi connectivity index (χ0v) is 10.4. The second-order valence-electron chi connectivity index (χ2n) is 3.41. The minimum Gasteiger partial charge on any atom is -0.389 e. The largest absolute Gasteiger partial charge is 0.389 e. The van der Waals surface area contributed by atoms with Crippen LogP contribution in [0.3, 0.4) is 0 Å². The van der Waals surface area contributed by atoms with E-state index < -0.39 is 9.84 Å². The lowest BCUT2D eigenvalue weighted by Crippen LogP contribution is -2.11.